The first-order valence-electron chi connectivity index (χ1n) is 12.8. The third-order valence-electron chi connectivity index (χ3n) is 6.96. The fraction of sp³-hybridized carbons (Fsp3) is 0.226. The fourth-order valence-corrected chi connectivity index (χ4v) is 6.48. The molecule has 0 aliphatic carbocycles. The van der Waals surface area contributed by atoms with Crippen LogP contribution in [0, 0.1) is 0 Å². The maximum atomic E-state index is 13.7. The second-order valence-electron chi connectivity index (χ2n) is 9.73. The Balaban J connectivity index is 1.40. The van der Waals surface area contributed by atoms with Gasteiger partial charge < -0.3 is 10.2 Å². The van der Waals surface area contributed by atoms with Gasteiger partial charge in [0.15, 0.2) is 0 Å². The number of aliphatic hydroxyl groups excluding tert-OH is 2. The Kier molecular flexibility index (Phi) is 8.02. The number of nitrogens with zero attached hydrogens (tertiary/aromatic N) is 2. The van der Waals surface area contributed by atoms with Crippen LogP contribution in [-0.2, 0) is 29.7 Å². The van der Waals surface area contributed by atoms with E-state index in [0.29, 0.717) is 0 Å². The highest BCUT2D eigenvalue weighted by Gasteiger charge is 2.39. The van der Waals surface area contributed by atoms with Crippen molar-refractivity contribution >= 4 is 10.2 Å². The molecule has 6 nitrogen and oxygen atoms in total. The van der Waals surface area contributed by atoms with E-state index in [1.807, 2.05) is 72.8 Å². The van der Waals surface area contributed by atoms with E-state index in [0.717, 1.165) is 28.7 Å². The van der Waals surface area contributed by atoms with Crippen LogP contribution in [0.15, 0.2) is 109 Å². The molecule has 4 aromatic rings. The monoisotopic (exact) mass is 528 g/mol. The predicted octanol–water partition coefficient (Wildman–Crippen LogP) is 4.23. The van der Waals surface area contributed by atoms with Crippen molar-refractivity contribution in [2.75, 3.05) is 13.1 Å². The number of β-amino-alcohol motifs (C(OH)–C–C–N with tert-alkyl or cyclic N) is 2. The molecule has 0 bridgehead atoms. The van der Waals surface area contributed by atoms with E-state index in [9.17, 15) is 18.6 Å². The summed E-state index contributed by atoms with van der Waals surface area (Å²) in [7, 11) is -3.96. The van der Waals surface area contributed by atoms with Crippen LogP contribution in [-0.4, -0.2) is 52.5 Å². The molecule has 0 radical (unpaired) electrons. The van der Waals surface area contributed by atoms with Gasteiger partial charge in [0.25, 0.3) is 10.2 Å². The van der Waals surface area contributed by atoms with E-state index in [-0.39, 0.29) is 26.2 Å². The second kappa shape index (κ2) is 11.6. The van der Waals surface area contributed by atoms with Crippen LogP contribution in [0.5, 0.6) is 0 Å². The van der Waals surface area contributed by atoms with Crippen molar-refractivity contribution < 1.29 is 18.6 Å². The summed E-state index contributed by atoms with van der Waals surface area (Å²) in [5, 5.41) is 21.1. The summed E-state index contributed by atoms with van der Waals surface area (Å²) in [6.07, 6.45) is -1.52. The van der Waals surface area contributed by atoms with Crippen LogP contribution in [0.25, 0.3) is 11.1 Å². The van der Waals surface area contributed by atoms with E-state index >= 15 is 0 Å². The lowest BCUT2D eigenvalue weighted by molar-refractivity contribution is 0.00889. The van der Waals surface area contributed by atoms with Crippen LogP contribution in [0.4, 0.5) is 0 Å². The lowest BCUT2D eigenvalue weighted by Crippen LogP contribution is -2.42. The van der Waals surface area contributed by atoms with Gasteiger partial charge in [-0.25, -0.2) is 0 Å². The number of hydrogen-bond acceptors (Lipinski definition) is 4. The molecule has 1 aliphatic rings. The van der Waals surface area contributed by atoms with Crippen molar-refractivity contribution in [2.24, 2.45) is 0 Å². The van der Waals surface area contributed by atoms with Gasteiger partial charge in [-0.1, -0.05) is 109 Å². The van der Waals surface area contributed by atoms with Gasteiger partial charge in [0.1, 0.15) is 0 Å². The minimum Gasteiger partial charge on any atom is -0.389 e. The van der Waals surface area contributed by atoms with Gasteiger partial charge in [-0.3, -0.25) is 0 Å². The van der Waals surface area contributed by atoms with Crippen molar-refractivity contribution in [2.45, 2.75) is 31.7 Å². The first-order chi connectivity index (χ1) is 18.4. The van der Waals surface area contributed by atoms with Crippen LogP contribution in [0.1, 0.15) is 22.3 Å². The molecule has 0 unspecified atom stereocenters. The fourth-order valence-electron chi connectivity index (χ4n) is 4.86. The number of benzene rings is 4. The molecule has 7 heteroatoms. The number of rotatable bonds is 7. The Morgan fingerprint density at radius 1 is 0.605 bits per heavy atom. The lowest BCUT2D eigenvalue weighted by atomic mass is 9.97. The Hall–Kier alpha value is -3.33. The highest BCUT2D eigenvalue weighted by molar-refractivity contribution is 7.86. The third-order valence-corrected chi connectivity index (χ3v) is 8.82. The predicted molar refractivity (Wildman–Crippen MR) is 149 cm³/mol. The standard InChI is InChI=1S/C31H32N2O4S/c34-30-22-32(20-26-11-5-2-6-12-26)38(36,37)33(23-31(30)35)21-28-13-7-8-14-29(28)27-17-15-25(16-18-27)19-24-9-3-1-4-10-24/h1-18,30-31,34-35H,19-23H2/t30-,31-/m0/s1. The number of hydrogen-bond donors (Lipinski definition) is 2. The topological polar surface area (TPSA) is 81.1 Å². The van der Waals surface area contributed by atoms with Gasteiger partial charge in [-0.05, 0) is 39.8 Å². The van der Waals surface area contributed by atoms with Crippen molar-refractivity contribution in [3.05, 3.63) is 131 Å². The van der Waals surface area contributed by atoms with Crippen LogP contribution in [0.2, 0.25) is 0 Å². The summed E-state index contributed by atoms with van der Waals surface area (Å²) in [5.41, 5.74) is 6.01. The van der Waals surface area contributed by atoms with Gasteiger partial charge in [0.2, 0.25) is 0 Å². The molecule has 2 N–H and O–H groups in total. The second-order valence-corrected chi connectivity index (χ2v) is 11.7. The van der Waals surface area contributed by atoms with Crippen LogP contribution in [0.3, 0.4) is 0 Å². The smallest absolute Gasteiger partial charge is 0.282 e. The zero-order valence-electron chi connectivity index (χ0n) is 21.1. The molecular formula is C31H32N2O4S. The summed E-state index contributed by atoms with van der Waals surface area (Å²) in [6.45, 7) is -0.147. The molecule has 38 heavy (non-hydrogen) atoms. The summed E-state index contributed by atoms with van der Waals surface area (Å²) < 4.78 is 30.0. The van der Waals surface area contributed by atoms with E-state index in [4.69, 9.17) is 0 Å². The van der Waals surface area contributed by atoms with Crippen LogP contribution >= 0.6 is 0 Å². The molecule has 4 aromatic carbocycles. The Morgan fingerprint density at radius 2 is 1.11 bits per heavy atom. The van der Waals surface area contributed by atoms with E-state index in [1.54, 1.807) is 0 Å². The summed E-state index contributed by atoms with van der Waals surface area (Å²) in [6, 6.07) is 35.6. The summed E-state index contributed by atoms with van der Waals surface area (Å²) >= 11 is 0. The summed E-state index contributed by atoms with van der Waals surface area (Å²) in [5.74, 6) is 0. The molecule has 0 spiro atoms. The molecule has 1 saturated heterocycles. The maximum absolute atomic E-state index is 13.7. The molecule has 1 aliphatic heterocycles. The van der Waals surface area contributed by atoms with Crippen molar-refractivity contribution in [1.82, 2.24) is 8.61 Å². The highest BCUT2D eigenvalue weighted by atomic mass is 32.2. The molecule has 5 rings (SSSR count). The third kappa shape index (κ3) is 6.04. The van der Waals surface area contributed by atoms with Gasteiger partial charge in [0, 0.05) is 26.2 Å². The first-order valence-corrected chi connectivity index (χ1v) is 14.2. The Bertz CT molecular complexity index is 1440. The zero-order valence-corrected chi connectivity index (χ0v) is 21.9. The van der Waals surface area contributed by atoms with E-state index in [2.05, 4.69) is 36.4 Å². The lowest BCUT2D eigenvalue weighted by Gasteiger charge is -2.27. The Labute approximate surface area is 224 Å². The molecule has 1 fully saturated rings. The van der Waals surface area contributed by atoms with Gasteiger partial charge in [-0.2, -0.15) is 17.0 Å². The minimum atomic E-state index is -3.96. The normalized spacial score (nSPS) is 20.2. The largest absolute Gasteiger partial charge is 0.389 e. The SMILES string of the molecule is O=S1(=O)N(Cc2ccccc2)C[C@H](O)[C@@H](O)CN1Cc1ccccc1-c1ccc(Cc2ccccc2)cc1. The van der Waals surface area contributed by atoms with Crippen LogP contribution < -0.4 is 0 Å². The molecule has 196 valence electrons. The average molecular weight is 529 g/mol. The van der Waals surface area contributed by atoms with Gasteiger partial charge >= 0.3 is 0 Å². The first kappa shape index (κ1) is 26.3. The van der Waals surface area contributed by atoms with Crippen molar-refractivity contribution in [3.63, 3.8) is 0 Å². The molecule has 0 saturated carbocycles. The minimum absolute atomic E-state index is 0.0827. The van der Waals surface area contributed by atoms with Crippen molar-refractivity contribution in [3.8, 4) is 11.1 Å². The quantitative estimate of drug-likeness (QED) is 0.376. The van der Waals surface area contributed by atoms with Gasteiger partial charge in [0.05, 0.1) is 12.2 Å². The zero-order chi connectivity index (χ0) is 26.5. The van der Waals surface area contributed by atoms with E-state index < -0.39 is 22.4 Å². The van der Waals surface area contributed by atoms with Gasteiger partial charge in [-0.15, -0.1) is 0 Å². The summed E-state index contributed by atoms with van der Waals surface area (Å²) in [4.78, 5) is 0. The Morgan fingerprint density at radius 3 is 1.74 bits per heavy atom. The van der Waals surface area contributed by atoms with Crippen molar-refractivity contribution in [1.29, 1.82) is 0 Å². The molecular weight excluding hydrogens is 496 g/mol. The molecule has 0 amide bonds. The molecule has 0 aromatic heterocycles. The molecule has 2 atom stereocenters. The average Bonchev–Trinajstić information content (AvgIpc) is 3.01. The number of aliphatic hydroxyl groups is 2. The van der Waals surface area contributed by atoms with E-state index in [1.165, 1.54) is 19.7 Å². The molecule has 1 heterocycles. The maximum Gasteiger partial charge on any atom is 0.282 e. The highest BCUT2D eigenvalue weighted by Crippen LogP contribution is 2.28.